The van der Waals surface area contributed by atoms with Crippen LogP contribution in [0.25, 0.3) is 0 Å². The van der Waals surface area contributed by atoms with Crippen molar-refractivity contribution in [2.24, 2.45) is 11.7 Å². The number of amides is 1. The average Bonchev–Trinajstić information content (AvgIpc) is 2.23. The number of hydrogen-bond donors (Lipinski definition) is 2. The molecule has 0 aliphatic heterocycles. The van der Waals surface area contributed by atoms with Gasteiger partial charge in [0.25, 0.3) is 5.91 Å². The van der Waals surface area contributed by atoms with E-state index >= 15 is 0 Å². The molecule has 0 saturated heterocycles. The van der Waals surface area contributed by atoms with Crippen LogP contribution in [0, 0.1) is 23.4 Å². The standard InChI is InChI=1S/C12H15F3N2O/c1-6(2)10(5-16)17-12(18)11-8(14)3-7(13)4-9(11)15/h3-4,6,10H,5,16H2,1-2H3,(H,17,18). The highest BCUT2D eigenvalue weighted by Crippen LogP contribution is 2.15. The van der Waals surface area contributed by atoms with Crippen LogP contribution in [0.1, 0.15) is 24.2 Å². The van der Waals surface area contributed by atoms with E-state index in [2.05, 4.69) is 5.32 Å². The second kappa shape index (κ2) is 5.86. The monoisotopic (exact) mass is 260 g/mol. The molecule has 0 spiro atoms. The first-order valence-electron chi connectivity index (χ1n) is 5.52. The van der Waals surface area contributed by atoms with E-state index in [9.17, 15) is 18.0 Å². The molecule has 1 aromatic rings. The summed E-state index contributed by atoms with van der Waals surface area (Å²) in [5, 5.41) is 2.42. The van der Waals surface area contributed by atoms with Crippen molar-refractivity contribution in [3.63, 3.8) is 0 Å². The zero-order valence-corrected chi connectivity index (χ0v) is 10.1. The Morgan fingerprint density at radius 2 is 1.78 bits per heavy atom. The van der Waals surface area contributed by atoms with Crippen LogP contribution in [0.3, 0.4) is 0 Å². The van der Waals surface area contributed by atoms with Gasteiger partial charge in [-0.25, -0.2) is 13.2 Å². The summed E-state index contributed by atoms with van der Waals surface area (Å²) in [5.41, 5.74) is 4.64. The highest BCUT2D eigenvalue weighted by molar-refractivity contribution is 5.95. The molecule has 3 N–H and O–H groups in total. The van der Waals surface area contributed by atoms with Crippen LogP contribution >= 0.6 is 0 Å². The van der Waals surface area contributed by atoms with Crippen molar-refractivity contribution in [1.29, 1.82) is 0 Å². The highest BCUT2D eigenvalue weighted by atomic mass is 19.1. The summed E-state index contributed by atoms with van der Waals surface area (Å²) in [6.07, 6.45) is 0. The summed E-state index contributed by atoms with van der Waals surface area (Å²) in [6.45, 7) is 3.78. The molecular weight excluding hydrogens is 245 g/mol. The van der Waals surface area contributed by atoms with Gasteiger partial charge in [0.1, 0.15) is 23.0 Å². The van der Waals surface area contributed by atoms with E-state index in [1.807, 2.05) is 13.8 Å². The van der Waals surface area contributed by atoms with Crippen molar-refractivity contribution in [2.75, 3.05) is 6.54 Å². The minimum Gasteiger partial charge on any atom is -0.348 e. The second-order valence-electron chi connectivity index (χ2n) is 4.30. The molecule has 1 amide bonds. The first-order valence-corrected chi connectivity index (χ1v) is 5.52. The normalized spacial score (nSPS) is 12.6. The lowest BCUT2D eigenvalue weighted by Gasteiger charge is -2.20. The van der Waals surface area contributed by atoms with Gasteiger partial charge in [-0.3, -0.25) is 4.79 Å². The van der Waals surface area contributed by atoms with Crippen LogP contribution in [-0.4, -0.2) is 18.5 Å². The van der Waals surface area contributed by atoms with E-state index in [1.54, 1.807) is 0 Å². The van der Waals surface area contributed by atoms with E-state index in [1.165, 1.54) is 0 Å². The predicted molar refractivity (Wildman–Crippen MR) is 61.5 cm³/mol. The molecule has 0 heterocycles. The number of carbonyl (C=O) groups is 1. The van der Waals surface area contributed by atoms with Crippen LogP contribution in [0.4, 0.5) is 13.2 Å². The SMILES string of the molecule is CC(C)C(CN)NC(=O)c1c(F)cc(F)cc1F. The van der Waals surface area contributed by atoms with Crippen LogP contribution < -0.4 is 11.1 Å². The van der Waals surface area contributed by atoms with E-state index in [0.29, 0.717) is 12.1 Å². The lowest BCUT2D eigenvalue weighted by molar-refractivity contribution is 0.0919. The Bertz CT molecular complexity index is 426. The van der Waals surface area contributed by atoms with Crippen LogP contribution in [-0.2, 0) is 0 Å². The van der Waals surface area contributed by atoms with Gasteiger partial charge in [-0.2, -0.15) is 0 Å². The van der Waals surface area contributed by atoms with Gasteiger partial charge in [-0.05, 0) is 5.92 Å². The lowest BCUT2D eigenvalue weighted by Crippen LogP contribution is -2.44. The fourth-order valence-corrected chi connectivity index (χ4v) is 1.50. The number of rotatable bonds is 4. The predicted octanol–water partition coefficient (Wildman–Crippen LogP) is 1.82. The number of halogens is 3. The van der Waals surface area contributed by atoms with Crippen molar-refractivity contribution in [1.82, 2.24) is 5.32 Å². The summed E-state index contributed by atoms with van der Waals surface area (Å²) in [5.74, 6) is -4.45. The maximum atomic E-state index is 13.3. The Labute approximate surface area is 103 Å². The van der Waals surface area contributed by atoms with Crippen molar-refractivity contribution < 1.29 is 18.0 Å². The van der Waals surface area contributed by atoms with Gasteiger partial charge >= 0.3 is 0 Å². The first kappa shape index (κ1) is 14.5. The van der Waals surface area contributed by atoms with Crippen LogP contribution in [0.15, 0.2) is 12.1 Å². The van der Waals surface area contributed by atoms with E-state index < -0.39 is 35.0 Å². The number of nitrogens with two attached hydrogens (primary N) is 1. The van der Waals surface area contributed by atoms with Crippen LogP contribution in [0.2, 0.25) is 0 Å². The van der Waals surface area contributed by atoms with Crippen molar-refractivity contribution in [3.8, 4) is 0 Å². The zero-order valence-electron chi connectivity index (χ0n) is 10.1. The molecule has 0 bridgehead atoms. The maximum absolute atomic E-state index is 13.3. The molecule has 1 rings (SSSR count). The Hall–Kier alpha value is -1.56. The largest absolute Gasteiger partial charge is 0.348 e. The average molecular weight is 260 g/mol. The Morgan fingerprint density at radius 1 is 1.28 bits per heavy atom. The number of benzene rings is 1. The molecule has 0 radical (unpaired) electrons. The Balaban J connectivity index is 2.98. The third-order valence-corrected chi connectivity index (χ3v) is 2.61. The molecule has 1 unspecified atom stereocenters. The molecule has 1 atom stereocenters. The molecule has 6 heteroatoms. The quantitative estimate of drug-likeness (QED) is 0.867. The first-order chi connectivity index (χ1) is 8.36. The van der Waals surface area contributed by atoms with Gasteiger partial charge < -0.3 is 11.1 Å². The van der Waals surface area contributed by atoms with Gasteiger partial charge in [0.15, 0.2) is 0 Å². The number of hydrogen-bond acceptors (Lipinski definition) is 2. The molecular formula is C12H15F3N2O. The zero-order chi connectivity index (χ0) is 13.9. The van der Waals surface area contributed by atoms with Crippen molar-refractivity contribution in [3.05, 3.63) is 35.1 Å². The van der Waals surface area contributed by atoms with E-state index in [0.717, 1.165) is 0 Å². The molecule has 1 aromatic carbocycles. The Morgan fingerprint density at radius 3 is 2.17 bits per heavy atom. The lowest BCUT2D eigenvalue weighted by atomic mass is 10.0. The summed E-state index contributed by atoms with van der Waals surface area (Å²) in [4.78, 5) is 11.7. The molecule has 0 saturated carbocycles. The maximum Gasteiger partial charge on any atom is 0.257 e. The van der Waals surface area contributed by atoms with Gasteiger partial charge in [-0.1, -0.05) is 13.8 Å². The molecule has 0 aliphatic carbocycles. The van der Waals surface area contributed by atoms with E-state index in [4.69, 9.17) is 5.73 Å². The highest BCUT2D eigenvalue weighted by Gasteiger charge is 2.22. The molecule has 0 aliphatic rings. The topological polar surface area (TPSA) is 55.1 Å². The van der Waals surface area contributed by atoms with Gasteiger partial charge in [-0.15, -0.1) is 0 Å². The number of carbonyl (C=O) groups excluding carboxylic acids is 1. The van der Waals surface area contributed by atoms with E-state index in [-0.39, 0.29) is 12.5 Å². The summed E-state index contributed by atoms with van der Waals surface area (Å²) < 4.78 is 39.4. The van der Waals surface area contributed by atoms with Crippen molar-refractivity contribution in [2.45, 2.75) is 19.9 Å². The Kier molecular flexibility index (Phi) is 4.72. The molecule has 0 fully saturated rings. The van der Waals surface area contributed by atoms with Gasteiger partial charge in [0.2, 0.25) is 0 Å². The third-order valence-electron chi connectivity index (χ3n) is 2.61. The van der Waals surface area contributed by atoms with Crippen molar-refractivity contribution >= 4 is 5.91 Å². The molecule has 3 nitrogen and oxygen atoms in total. The summed E-state index contributed by atoms with van der Waals surface area (Å²) >= 11 is 0. The van der Waals surface area contributed by atoms with Gasteiger partial charge in [0, 0.05) is 24.7 Å². The summed E-state index contributed by atoms with van der Waals surface area (Å²) in [6, 6.07) is 0.525. The number of nitrogens with one attached hydrogen (secondary N) is 1. The minimum atomic E-state index is -1.23. The van der Waals surface area contributed by atoms with Gasteiger partial charge in [0.05, 0.1) is 0 Å². The minimum absolute atomic E-state index is 0.0190. The fraction of sp³-hybridized carbons (Fsp3) is 0.417. The summed E-state index contributed by atoms with van der Waals surface area (Å²) in [7, 11) is 0. The third kappa shape index (κ3) is 3.22. The molecule has 18 heavy (non-hydrogen) atoms. The molecule has 100 valence electrons. The fourth-order valence-electron chi connectivity index (χ4n) is 1.50. The molecule has 0 aromatic heterocycles. The van der Waals surface area contributed by atoms with Crippen LogP contribution in [0.5, 0.6) is 0 Å². The second-order valence-corrected chi connectivity index (χ2v) is 4.30. The smallest absolute Gasteiger partial charge is 0.257 e.